The average molecular weight is 351 g/mol. The van der Waals surface area contributed by atoms with Crippen LogP contribution in [0.2, 0.25) is 0 Å². The van der Waals surface area contributed by atoms with Crippen LogP contribution >= 0.6 is 0 Å². The van der Waals surface area contributed by atoms with Crippen LogP contribution in [-0.2, 0) is 0 Å². The summed E-state index contributed by atoms with van der Waals surface area (Å²) < 4.78 is 0. The molecule has 4 nitrogen and oxygen atoms in total. The Balaban J connectivity index is 1.91. The molecule has 0 aliphatic carbocycles. The van der Waals surface area contributed by atoms with Crippen LogP contribution in [0.3, 0.4) is 0 Å². The third-order valence-corrected chi connectivity index (χ3v) is 4.23. The van der Waals surface area contributed by atoms with Crippen molar-refractivity contribution >= 4 is 5.78 Å². The maximum atomic E-state index is 11.8. The molecule has 1 heterocycles. The number of aromatic nitrogens is 3. The van der Waals surface area contributed by atoms with Crippen molar-refractivity contribution in [2.45, 2.75) is 6.92 Å². The molecule has 0 amide bonds. The Kier molecular flexibility index (Phi) is 4.54. The Morgan fingerprint density at radius 3 is 1.52 bits per heavy atom. The molecule has 0 saturated heterocycles. The number of benzene rings is 3. The Labute approximate surface area is 157 Å². The second-order valence-corrected chi connectivity index (χ2v) is 6.18. The Morgan fingerprint density at radius 1 is 0.593 bits per heavy atom. The molecular weight excluding hydrogens is 334 g/mol. The molecule has 0 unspecified atom stereocenters. The van der Waals surface area contributed by atoms with E-state index in [0.717, 1.165) is 16.7 Å². The Morgan fingerprint density at radius 2 is 1.04 bits per heavy atom. The van der Waals surface area contributed by atoms with Gasteiger partial charge < -0.3 is 0 Å². The van der Waals surface area contributed by atoms with E-state index in [1.54, 1.807) is 13.0 Å². The molecule has 0 aliphatic rings. The molecule has 0 saturated carbocycles. The van der Waals surface area contributed by atoms with Crippen molar-refractivity contribution in [2.75, 3.05) is 0 Å². The molecule has 0 N–H and O–H groups in total. The van der Waals surface area contributed by atoms with Crippen LogP contribution in [0.5, 0.6) is 0 Å². The SMILES string of the molecule is CC(=O)c1cccc(-c2nc(-c3ccccc3)nc(-c3ccccc3)n2)c1. The molecule has 0 atom stereocenters. The number of carbonyl (C=O) groups is 1. The van der Waals surface area contributed by atoms with E-state index in [1.165, 1.54) is 0 Å². The summed E-state index contributed by atoms with van der Waals surface area (Å²) in [4.78, 5) is 25.8. The predicted octanol–water partition coefficient (Wildman–Crippen LogP) is 5.08. The number of hydrogen-bond donors (Lipinski definition) is 0. The molecule has 1 aromatic heterocycles. The van der Waals surface area contributed by atoms with E-state index < -0.39 is 0 Å². The van der Waals surface area contributed by atoms with Gasteiger partial charge in [-0.05, 0) is 13.0 Å². The van der Waals surface area contributed by atoms with Gasteiger partial charge in [-0.25, -0.2) is 15.0 Å². The van der Waals surface area contributed by atoms with Gasteiger partial charge in [0, 0.05) is 22.3 Å². The Hall–Kier alpha value is -3.66. The van der Waals surface area contributed by atoms with Gasteiger partial charge in [-0.1, -0.05) is 78.9 Å². The van der Waals surface area contributed by atoms with Crippen LogP contribution in [0.1, 0.15) is 17.3 Å². The van der Waals surface area contributed by atoms with Gasteiger partial charge in [-0.15, -0.1) is 0 Å². The minimum absolute atomic E-state index is 0.0115. The number of hydrogen-bond acceptors (Lipinski definition) is 4. The number of nitrogens with zero attached hydrogens (tertiary/aromatic N) is 3. The van der Waals surface area contributed by atoms with Crippen LogP contribution in [0.25, 0.3) is 34.2 Å². The third kappa shape index (κ3) is 3.65. The summed E-state index contributed by atoms with van der Waals surface area (Å²) in [5.74, 6) is 1.77. The zero-order valence-electron chi connectivity index (χ0n) is 14.8. The monoisotopic (exact) mass is 351 g/mol. The lowest BCUT2D eigenvalue weighted by atomic mass is 10.1. The van der Waals surface area contributed by atoms with Crippen LogP contribution in [-0.4, -0.2) is 20.7 Å². The summed E-state index contributed by atoms with van der Waals surface area (Å²) >= 11 is 0. The first kappa shape index (κ1) is 16.8. The number of rotatable bonds is 4. The summed E-state index contributed by atoms with van der Waals surface area (Å²) in [6.45, 7) is 1.55. The van der Waals surface area contributed by atoms with Crippen molar-refractivity contribution in [2.24, 2.45) is 0 Å². The minimum Gasteiger partial charge on any atom is -0.295 e. The zero-order chi connectivity index (χ0) is 18.6. The highest BCUT2D eigenvalue weighted by Gasteiger charge is 2.12. The van der Waals surface area contributed by atoms with E-state index in [9.17, 15) is 4.79 Å². The summed E-state index contributed by atoms with van der Waals surface area (Å²) in [7, 11) is 0. The van der Waals surface area contributed by atoms with Gasteiger partial charge in [0.05, 0.1) is 0 Å². The lowest BCUT2D eigenvalue weighted by molar-refractivity contribution is 0.101. The van der Waals surface area contributed by atoms with Crippen molar-refractivity contribution in [3.05, 3.63) is 90.5 Å². The fourth-order valence-corrected chi connectivity index (χ4v) is 2.81. The van der Waals surface area contributed by atoms with E-state index in [4.69, 9.17) is 0 Å². The molecule has 0 radical (unpaired) electrons. The highest BCUT2D eigenvalue weighted by molar-refractivity contribution is 5.95. The summed E-state index contributed by atoms with van der Waals surface area (Å²) in [6, 6.07) is 27.0. The van der Waals surface area contributed by atoms with Crippen molar-refractivity contribution in [3.63, 3.8) is 0 Å². The van der Waals surface area contributed by atoms with Gasteiger partial charge in [0.2, 0.25) is 0 Å². The molecule has 130 valence electrons. The molecule has 27 heavy (non-hydrogen) atoms. The average Bonchev–Trinajstić information content (AvgIpc) is 2.75. The van der Waals surface area contributed by atoms with Gasteiger partial charge in [0.1, 0.15) is 0 Å². The van der Waals surface area contributed by atoms with Crippen molar-refractivity contribution in [1.82, 2.24) is 15.0 Å². The lowest BCUT2D eigenvalue weighted by Gasteiger charge is -2.08. The molecular formula is C23H17N3O. The molecule has 4 rings (SSSR count). The van der Waals surface area contributed by atoms with E-state index in [-0.39, 0.29) is 5.78 Å². The quantitative estimate of drug-likeness (QED) is 0.481. The second kappa shape index (κ2) is 7.30. The predicted molar refractivity (Wildman–Crippen MR) is 106 cm³/mol. The standard InChI is InChI=1S/C23H17N3O/c1-16(27)19-13-8-14-20(15-19)23-25-21(17-9-4-2-5-10-17)24-22(26-23)18-11-6-3-7-12-18/h2-15H,1H3. The molecule has 0 bridgehead atoms. The maximum absolute atomic E-state index is 11.8. The van der Waals surface area contributed by atoms with Gasteiger partial charge >= 0.3 is 0 Å². The summed E-state index contributed by atoms with van der Waals surface area (Å²) in [6.07, 6.45) is 0. The van der Waals surface area contributed by atoms with Crippen molar-refractivity contribution in [1.29, 1.82) is 0 Å². The summed E-state index contributed by atoms with van der Waals surface area (Å²) in [5.41, 5.74) is 3.26. The van der Waals surface area contributed by atoms with Crippen molar-refractivity contribution in [3.8, 4) is 34.2 Å². The van der Waals surface area contributed by atoms with Gasteiger partial charge in [-0.3, -0.25) is 4.79 Å². The number of ketones is 1. The fourth-order valence-electron chi connectivity index (χ4n) is 2.81. The molecule has 0 spiro atoms. The van der Waals surface area contributed by atoms with Crippen LogP contribution in [0.4, 0.5) is 0 Å². The first-order valence-corrected chi connectivity index (χ1v) is 8.69. The summed E-state index contributed by atoms with van der Waals surface area (Å²) in [5, 5.41) is 0. The highest BCUT2D eigenvalue weighted by atomic mass is 16.1. The van der Waals surface area contributed by atoms with Gasteiger partial charge in [0.15, 0.2) is 23.3 Å². The highest BCUT2D eigenvalue weighted by Crippen LogP contribution is 2.25. The molecule has 4 aromatic rings. The third-order valence-electron chi connectivity index (χ3n) is 4.23. The van der Waals surface area contributed by atoms with Crippen molar-refractivity contribution < 1.29 is 4.79 Å². The molecule has 0 fully saturated rings. The molecule has 4 heteroatoms. The van der Waals surface area contributed by atoms with Gasteiger partial charge in [0.25, 0.3) is 0 Å². The maximum Gasteiger partial charge on any atom is 0.164 e. The minimum atomic E-state index is 0.0115. The normalized spacial score (nSPS) is 10.6. The van der Waals surface area contributed by atoms with Gasteiger partial charge in [-0.2, -0.15) is 0 Å². The molecule has 3 aromatic carbocycles. The second-order valence-electron chi connectivity index (χ2n) is 6.18. The molecule has 0 aliphatic heterocycles. The first-order valence-electron chi connectivity index (χ1n) is 8.69. The smallest absolute Gasteiger partial charge is 0.164 e. The lowest BCUT2D eigenvalue weighted by Crippen LogP contribution is -2.01. The Bertz CT molecular complexity index is 1040. The first-order chi connectivity index (χ1) is 13.2. The van der Waals surface area contributed by atoms with Crippen LogP contribution < -0.4 is 0 Å². The zero-order valence-corrected chi connectivity index (χ0v) is 14.8. The fraction of sp³-hybridized carbons (Fsp3) is 0.0435. The number of carbonyl (C=O) groups excluding carboxylic acids is 1. The van der Waals surface area contributed by atoms with E-state index >= 15 is 0 Å². The van der Waals surface area contributed by atoms with E-state index in [0.29, 0.717) is 23.0 Å². The van der Waals surface area contributed by atoms with Crippen LogP contribution in [0, 0.1) is 0 Å². The number of Topliss-reactive ketones (excluding diaryl/α,β-unsaturated/α-hetero) is 1. The topological polar surface area (TPSA) is 55.7 Å². The van der Waals surface area contributed by atoms with Crippen LogP contribution in [0.15, 0.2) is 84.9 Å². The largest absolute Gasteiger partial charge is 0.295 e. The van der Waals surface area contributed by atoms with E-state index in [1.807, 2.05) is 78.9 Å². The van der Waals surface area contributed by atoms with E-state index in [2.05, 4.69) is 15.0 Å².